The zero-order valence-corrected chi connectivity index (χ0v) is 14.3. The molecule has 1 amide bonds. The Labute approximate surface area is 139 Å². The molecule has 5 nitrogen and oxygen atoms in total. The van der Waals surface area contributed by atoms with E-state index < -0.39 is 0 Å². The van der Waals surface area contributed by atoms with Crippen LogP contribution < -0.4 is 15.4 Å². The Kier molecular flexibility index (Phi) is 7.36. The SMILES string of the molecule is CCN(CC)CCOc1ccc(C(=O)NCC2CCCN2)cc1. The number of nitrogens with zero attached hydrogens (tertiary/aromatic N) is 1. The fourth-order valence-electron chi connectivity index (χ4n) is 2.78. The van der Waals surface area contributed by atoms with E-state index in [4.69, 9.17) is 4.74 Å². The molecule has 1 aromatic rings. The van der Waals surface area contributed by atoms with Crippen molar-refractivity contribution in [1.82, 2.24) is 15.5 Å². The summed E-state index contributed by atoms with van der Waals surface area (Å²) in [6.45, 7) is 9.71. The van der Waals surface area contributed by atoms with E-state index in [-0.39, 0.29) is 5.91 Å². The van der Waals surface area contributed by atoms with Crippen LogP contribution in [0.4, 0.5) is 0 Å². The molecule has 5 heteroatoms. The number of ether oxygens (including phenoxy) is 1. The summed E-state index contributed by atoms with van der Waals surface area (Å²) in [5.41, 5.74) is 0.680. The number of rotatable bonds is 9. The molecule has 1 aliphatic heterocycles. The van der Waals surface area contributed by atoms with Crippen LogP contribution in [0.5, 0.6) is 5.75 Å². The molecule has 0 radical (unpaired) electrons. The van der Waals surface area contributed by atoms with E-state index in [2.05, 4.69) is 29.4 Å². The van der Waals surface area contributed by atoms with Gasteiger partial charge in [0.2, 0.25) is 0 Å². The number of nitrogens with one attached hydrogen (secondary N) is 2. The first-order chi connectivity index (χ1) is 11.2. The van der Waals surface area contributed by atoms with Crippen LogP contribution >= 0.6 is 0 Å². The normalized spacial score (nSPS) is 17.4. The predicted octanol–water partition coefficient (Wildman–Crippen LogP) is 1.89. The summed E-state index contributed by atoms with van der Waals surface area (Å²) in [7, 11) is 0. The molecule has 1 heterocycles. The van der Waals surface area contributed by atoms with Gasteiger partial charge in [-0.2, -0.15) is 0 Å². The molecule has 23 heavy (non-hydrogen) atoms. The van der Waals surface area contributed by atoms with Crippen molar-refractivity contribution in [3.8, 4) is 5.75 Å². The Hall–Kier alpha value is -1.59. The molecular formula is C18H29N3O2. The van der Waals surface area contributed by atoms with E-state index in [0.29, 0.717) is 24.8 Å². The maximum absolute atomic E-state index is 12.1. The highest BCUT2D eigenvalue weighted by atomic mass is 16.5. The van der Waals surface area contributed by atoms with E-state index >= 15 is 0 Å². The van der Waals surface area contributed by atoms with Gasteiger partial charge in [-0.3, -0.25) is 4.79 Å². The monoisotopic (exact) mass is 319 g/mol. The lowest BCUT2D eigenvalue weighted by atomic mass is 10.2. The van der Waals surface area contributed by atoms with E-state index in [1.54, 1.807) is 0 Å². The molecule has 0 bridgehead atoms. The molecule has 1 atom stereocenters. The van der Waals surface area contributed by atoms with Crippen LogP contribution in [0.3, 0.4) is 0 Å². The summed E-state index contributed by atoms with van der Waals surface area (Å²) in [6.07, 6.45) is 2.33. The quantitative estimate of drug-likeness (QED) is 0.730. The van der Waals surface area contributed by atoms with Crippen LogP contribution in [-0.2, 0) is 0 Å². The lowest BCUT2D eigenvalue weighted by Crippen LogP contribution is -2.37. The topological polar surface area (TPSA) is 53.6 Å². The molecule has 1 aromatic carbocycles. The van der Waals surface area contributed by atoms with E-state index in [9.17, 15) is 4.79 Å². The first-order valence-corrected chi connectivity index (χ1v) is 8.69. The Bertz CT molecular complexity index is 466. The van der Waals surface area contributed by atoms with E-state index in [1.807, 2.05) is 24.3 Å². The van der Waals surface area contributed by atoms with E-state index in [1.165, 1.54) is 6.42 Å². The molecular weight excluding hydrogens is 290 g/mol. The van der Waals surface area contributed by atoms with Crippen molar-refractivity contribution in [3.63, 3.8) is 0 Å². The van der Waals surface area contributed by atoms with Gasteiger partial charge < -0.3 is 20.3 Å². The highest BCUT2D eigenvalue weighted by Gasteiger charge is 2.15. The Morgan fingerprint density at radius 2 is 2.04 bits per heavy atom. The second-order valence-corrected chi connectivity index (χ2v) is 5.90. The second-order valence-electron chi connectivity index (χ2n) is 5.90. The van der Waals surface area contributed by atoms with Gasteiger partial charge in [0.25, 0.3) is 5.91 Å². The highest BCUT2D eigenvalue weighted by molar-refractivity contribution is 5.94. The van der Waals surface area contributed by atoms with Crippen molar-refractivity contribution in [1.29, 1.82) is 0 Å². The number of amides is 1. The molecule has 1 saturated heterocycles. The fraction of sp³-hybridized carbons (Fsp3) is 0.611. The molecule has 0 saturated carbocycles. The second kappa shape index (κ2) is 9.53. The van der Waals surface area contributed by atoms with Crippen LogP contribution in [-0.4, -0.2) is 56.2 Å². The molecule has 128 valence electrons. The van der Waals surface area contributed by atoms with Gasteiger partial charge in [-0.05, 0) is 56.7 Å². The Morgan fingerprint density at radius 3 is 2.65 bits per heavy atom. The third kappa shape index (κ3) is 5.84. The molecule has 0 aliphatic carbocycles. The summed E-state index contributed by atoms with van der Waals surface area (Å²) in [6, 6.07) is 7.80. The number of carbonyl (C=O) groups excluding carboxylic acids is 1. The average molecular weight is 319 g/mol. The van der Waals surface area contributed by atoms with Crippen LogP contribution in [0.25, 0.3) is 0 Å². The summed E-state index contributed by atoms with van der Waals surface area (Å²) < 4.78 is 5.73. The summed E-state index contributed by atoms with van der Waals surface area (Å²) in [4.78, 5) is 14.4. The van der Waals surface area contributed by atoms with Crippen LogP contribution in [0.2, 0.25) is 0 Å². The van der Waals surface area contributed by atoms with Gasteiger partial charge in [-0.25, -0.2) is 0 Å². The summed E-state index contributed by atoms with van der Waals surface area (Å²) >= 11 is 0. The van der Waals surface area contributed by atoms with Crippen molar-refractivity contribution in [3.05, 3.63) is 29.8 Å². The van der Waals surface area contributed by atoms with Crippen molar-refractivity contribution in [2.24, 2.45) is 0 Å². The first kappa shape index (κ1) is 17.8. The van der Waals surface area contributed by atoms with Gasteiger partial charge in [0.1, 0.15) is 12.4 Å². The zero-order chi connectivity index (χ0) is 16.5. The van der Waals surface area contributed by atoms with Gasteiger partial charge >= 0.3 is 0 Å². The maximum atomic E-state index is 12.1. The lowest BCUT2D eigenvalue weighted by Gasteiger charge is -2.18. The number of carbonyl (C=O) groups is 1. The number of hydrogen-bond acceptors (Lipinski definition) is 4. The molecule has 2 N–H and O–H groups in total. The molecule has 1 fully saturated rings. The third-order valence-corrected chi connectivity index (χ3v) is 4.36. The minimum atomic E-state index is -0.0200. The molecule has 2 rings (SSSR count). The van der Waals surface area contributed by atoms with Crippen molar-refractivity contribution >= 4 is 5.91 Å². The van der Waals surface area contributed by atoms with Gasteiger partial charge in [0.15, 0.2) is 0 Å². The average Bonchev–Trinajstić information content (AvgIpc) is 3.11. The minimum Gasteiger partial charge on any atom is -0.492 e. The van der Waals surface area contributed by atoms with Gasteiger partial charge in [0, 0.05) is 24.7 Å². The summed E-state index contributed by atoms with van der Waals surface area (Å²) in [5, 5.41) is 6.36. The first-order valence-electron chi connectivity index (χ1n) is 8.69. The fourth-order valence-corrected chi connectivity index (χ4v) is 2.78. The van der Waals surface area contributed by atoms with Gasteiger partial charge in [-0.1, -0.05) is 13.8 Å². The lowest BCUT2D eigenvalue weighted by molar-refractivity contribution is 0.0950. The number of hydrogen-bond donors (Lipinski definition) is 2. The van der Waals surface area contributed by atoms with Crippen LogP contribution in [0, 0.1) is 0 Å². The third-order valence-electron chi connectivity index (χ3n) is 4.36. The molecule has 1 unspecified atom stereocenters. The van der Waals surface area contributed by atoms with Crippen molar-refractivity contribution in [2.75, 3.05) is 39.3 Å². The standard InChI is InChI=1S/C18H29N3O2/c1-3-21(4-2)12-13-23-17-9-7-15(8-10-17)18(22)20-14-16-6-5-11-19-16/h7-10,16,19H,3-6,11-14H2,1-2H3,(H,20,22). The molecule has 0 aromatic heterocycles. The van der Waals surface area contributed by atoms with Gasteiger partial charge in [-0.15, -0.1) is 0 Å². The molecule has 1 aliphatic rings. The number of likely N-dealkylation sites (N-methyl/N-ethyl adjacent to an activating group) is 1. The van der Waals surface area contributed by atoms with E-state index in [0.717, 1.165) is 38.3 Å². The smallest absolute Gasteiger partial charge is 0.251 e. The van der Waals surface area contributed by atoms with Crippen molar-refractivity contribution < 1.29 is 9.53 Å². The molecule has 0 spiro atoms. The zero-order valence-electron chi connectivity index (χ0n) is 14.3. The Balaban J connectivity index is 1.73. The maximum Gasteiger partial charge on any atom is 0.251 e. The van der Waals surface area contributed by atoms with Crippen LogP contribution in [0.15, 0.2) is 24.3 Å². The highest BCUT2D eigenvalue weighted by Crippen LogP contribution is 2.12. The number of benzene rings is 1. The summed E-state index contributed by atoms with van der Waals surface area (Å²) in [5.74, 6) is 0.791. The largest absolute Gasteiger partial charge is 0.492 e. The Morgan fingerprint density at radius 1 is 1.30 bits per heavy atom. The van der Waals surface area contributed by atoms with Crippen LogP contribution in [0.1, 0.15) is 37.0 Å². The minimum absolute atomic E-state index is 0.0200. The van der Waals surface area contributed by atoms with Gasteiger partial charge in [0.05, 0.1) is 0 Å². The van der Waals surface area contributed by atoms with Crippen molar-refractivity contribution in [2.45, 2.75) is 32.7 Å². The predicted molar refractivity (Wildman–Crippen MR) is 93.1 cm³/mol.